The van der Waals surface area contributed by atoms with Gasteiger partial charge in [-0.15, -0.1) is 0 Å². The molecule has 34 heavy (non-hydrogen) atoms. The van der Waals surface area contributed by atoms with Gasteiger partial charge in [0.25, 0.3) is 0 Å². The van der Waals surface area contributed by atoms with E-state index in [1.54, 1.807) is 0 Å². The Bertz CT molecular complexity index is 1070. The lowest BCUT2D eigenvalue weighted by molar-refractivity contribution is -0.141. The van der Waals surface area contributed by atoms with E-state index in [1.807, 2.05) is 0 Å². The molecule has 8 heteroatoms. The number of rotatable bonds is 4. The summed E-state index contributed by atoms with van der Waals surface area (Å²) in [4.78, 5) is 20.5. The maximum Gasteiger partial charge on any atom is 0.433 e. The number of likely N-dealkylation sites (tertiary alicyclic amines) is 1. The van der Waals surface area contributed by atoms with E-state index >= 15 is 0 Å². The van der Waals surface area contributed by atoms with Crippen LogP contribution in [0.15, 0.2) is 60.1 Å². The minimum Gasteiger partial charge on any atom is -0.354 e. The zero-order valence-corrected chi connectivity index (χ0v) is 19.3. The van der Waals surface area contributed by atoms with E-state index in [4.69, 9.17) is 0 Å². The summed E-state index contributed by atoms with van der Waals surface area (Å²) in [5, 5.41) is 2.98. The second-order valence-electron chi connectivity index (χ2n) is 9.88. The molecular weight excluding hydrogens is 441 g/mol. The predicted octanol–water partition coefficient (Wildman–Crippen LogP) is 4.09. The van der Waals surface area contributed by atoms with Crippen molar-refractivity contribution in [2.45, 2.75) is 25.1 Å². The van der Waals surface area contributed by atoms with Crippen molar-refractivity contribution in [2.75, 3.05) is 27.2 Å². The van der Waals surface area contributed by atoms with Crippen LogP contribution in [0, 0.1) is 23.7 Å². The number of carbonyl (C=O) groups excluding carboxylic acids is 1. The van der Waals surface area contributed by atoms with Crippen molar-refractivity contribution in [3.63, 3.8) is 0 Å². The molecule has 1 saturated heterocycles. The number of aromatic nitrogens is 1. The van der Waals surface area contributed by atoms with Crippen molar-refractivity contribution >= 4 is 12.0 Å². The summed E-state index contributed by atoms with van der Waals surface area (Å²) in [5.41, 5.74) is 2.43. The van der Waals surface area contributed by atoms with E-state index in [9.17, 15) is 18.0 Å². The van der Waals surface area contributed by atoms with Crippen LogP contribution in [0.4, 0.5) is 13.2 Å². The van der Waals surface area contributed by atoms with Crippen LogP contribution in [-0.2, 0) is 11.0 Å². The van der Waals surface area contributed by atoms with Gasteiger partial charge in [-0.3, -0.25) is 9.78 Å². The first-order valence-corrected chi connectivity index (χ1v) is 11.7. The van der Waals surface area contributed by atoms with Gasteiger partial charge in [0.05, 0.1) is 0 Å². The summed E-state index contributed by atoms with van der Waals surface area (Å²) in [6.45, 7) is 1.51. The number of hydrogen-bond donors (Lipinski definition) is 1. The number of carbonyl (C=O) groups is 1. The maximum atomic E-state index is 12.6. The van der Waals surface area contributed by atoms with Gasteiger partial charge in [0.2, 0.25) is 5.91 Å². The number of nitrogens with one attached hydrogen (secondary N) is 1. The predicted molar refractivity (Wildman–Crippen MR) is 124 cm³/mol. The smallest absolute Gasteiger partial charge is 0.354 e. The fourth-order valence-corrected chi connectivity index (χ4v) is 6.19. The molecule has 1 amide bonds. The first-order valence-electron chi connectivity index (χ1n) is 11.7. The van der Waals surface area contributed by atoms with Crippen LogP contribution in [0.3, 0.4) is 0 Å². The van der Waals surface area contributed by atoms with E-state index < -0.39 is 11.9 Å². The summed E-state index contributed by atoms with van der Waals surface area (Å²) in [7, 11) is 4.32. The Hall–Kier alpha value is -2.87. The van der Waals surface area contributed by atoms with Gasteiger partial charge in [-0.05, 0) is 67.0 Å². The van der Waals surface area contributed by atoms with Crippen molar-refractivity contribution in [3.8, 4) is 0 Å². The Morgan fingerprint density at radius 3 is 2.85 bits per heavy atom. The standard InChI is InChI=1S/C26H29F3N4O/c1-32-14-17(13-31-24(34)9-7-16-6-8-23(30-12-16)26(27,28)29)10-20-19-4-3-5-21-25(19)18(11-22(20)32)15-33(21)2/h3-9,12,15,17,19-20,22,25H,10-11,13-14H2,1-2H3,(H,31,34)/b9-7+/t17-,19?,20+,22+,25?/m0/s1. The molecule has 3 heterocycles. The average molecular weight is 471 g/mol. The van der Waals surface area contributed by atoms with Crippen LogP contribution in [-0.4, -0.2) is 53.9 Å². The molecule has 4 aliphatic rings. The normalized spacial score (nSPS) is 30.6. The summed E-state index contributed by atoms with van der Waals surface area (Å²) < 4.78 is 37.9. The Kier molecular flexibility index (Phi) is 5.88. The molecule has 1 aromatic rings. The number of piperidine rings is 1. The molecule has 180 valence electrons. The SMILES string of the molecule is CN1C=C2C[C@@H]3[C@H](C[C@@H](CNC(=O)/C=C/c4ccc(C(F)(F)F)nc4)CN3C)C3C=CC=C1C23. The molecule has 2 unspecified atom stereocenters. The van der Waals surface area contributed by atoms with E-state index in [-0.39, 0.29) is 5.91 Å². The minimum absolute atomic E-state index is 0.251. The Morgan fingerprint density at radius 1 is 1.29 bits per heavy atom. The Balaban J connectivity index is 1.19. The first-order chi connectivity index (χ1) is 16.2. The van der Waals surface area contributed by atoms with Crippen LogP contribution < -0.4 is 5.32 Å². The molecule has 0 spiro atoms. The lowest BCUT2D eigenvalue weighted by atomic mass is 9.61. The number of amides is 1. The summed E-state index contributed by atoms with van der Waals surface area (Å²) in [6.07, 6.45) is 10.8. The van der Waals surface area contributed by atoms with Gasteiger partial charge in [-0.25, -0.2) is 0 Å². The monoisotopic (exact) mass is 470 g/mol. The third kappa shape index (κ3) is 4.31. The van der Waals surface area contributed by atoms with E-state index in [2.05, 4.69) is 58.6 Å². The zero-order valence-electron chi connectivity index (χ0n) is 19.3. The summed E-state index contributed by atoms with van der Waals surface area (Å²) >= 11 is 0. The van der Waals surface area contributed by atoms with Crippen molar-refractivity contribution in [1.82, 2.24) is 20.1 Å². The Morgan fingerprint density at radius 2 is 2.12 bits per heavy atom. The van der Waals surface area contributed by atoms with Gasteiger partial charge in [0, 0.05) is 56.3 Å². The molecule has 0 bridgehead atoms. The second-order valence-corrected chi connectivity index (χ2v) is 9.88. The van der Waals surface area contributed by atoms with Crippen LogP contribution in [0.25, 0.3) is 6.08 Å². The largest absolute Gasteiger partial charge is 0.433 e. The highest BCUT2D eigenvalue weighted by Crippen LogP contribution is 2.52. The molecule has 1 saturated carbocycles. The second kappa shape index (κ2) is 8.73. The van der Waals surface area contributed by atoms with Crippen molar-refractivity contribution in [1.29, 1.82) is 0 Å². The van der Waals surface area contributed by atoms with Gasteiger partial charge in [-0.1, -0.05) is 18.2 Å². The number of fused-ring (bicyclic) bond motifs is 2. The molecule has 1 N–H and O–H groups in total. The Labute approximate surface area is 197 Å². The third-order valence-corrected chi connectivity index (χ3v) is 7.69. The van der Waals surface area contributed by atoms with Crippen molar-refractivity contribution < 1.29 is 18.0 Å². The minimum atomic E-state index is -4.47. The number of alkyl halides is 3. The van der Waals surface area contributed by atoms with E-state index in [0.717, 1.165) is 31.6 Å². The summed E-state index contributed by atoms with van der Waals surface area (Å²) in [6, 6.07) is 2.74. The molecule has 2 aliphatic carbocycles. The summed E-state index contributed by atoms with van der Waals surface area (Å²) in [5.74, 6) is 1.62. The maximum absolute atomic E-state index is 12.6. The quantitative estimate of drug-likeness (QED) is 0.674. The average Bonchev–Trinajstić information content (AvgIpc) is 3.13. The fourth-order valence-electron chi connectivity index (χ4n) is 6.19. The van der Waals surface area contributed by atoms with Crippen LogP contribution in [0.1, 0.15) is 24.1 Å². The zero-order chi connectivity index (χ0) is 24.0. The highest BCUT2D eigenvalue weighted by atomic mass is 19.4. The van der Waals surface area contributed by atoms with Crippen LogP contribution >= 0.6 is 0 Å². The van der Waals surface area contributed by atoms with E-state index in [1.165, 1.54) is 29.5 Å². The first kappa shape index (κ1) is 22.9. The molecule has 5 atom stereocenters. The van der Waals surface area contributed by atoms with Crippen molar-refractivity contribution in [2.24, 2.45) is 23.7 Å². The van der Waals surface area contributed by atoms with Gasteiger partial charge in [0.1, 0.15) is 5.69 Å². The molecule has 2 fully saturated rings. The molecule has 5 nitrogen and oxygen atoms in total. The van der Waals surface area contributed by atoms with Crippen molar-refractivity contribution in [3.05, 3.63) is 71.4 Å². The third-order valence-electron chi connectivity index (χ3n) is 7.69. The van der Waals surface area contributed by atoms with Gasteiger partial charge in [0.15, 0.2) is 0 Å². The number of pyridine rings is 1. The lowest BCUT2D eigenvalue weighted by Crippen LogP contribution is -2.54. The lowest BCUT2D eigenvalue weighted by Gasteiger charge is -2.51. The molecule has 0 aromatic carbocycles. The molecule has 0 radical (unpaired) electrons. The number of halogens is 3. The fraction of sp³-hybridized carbons (Fsp3) is 0.462. The molecule has 5 rings (SSSR count). The highest BCUT2D eigenvalue weighted by Gasteiger charge is 2.49. The van der Waals surface area contributed by atoms with Gasteiger partial charge in [-0.2, -0.15) is 13.2 Å². The van der Waals surface area contributed by atoms with Crippen LogP contribution in [0.5, 0.6) is 0 Å². The number of allylic oxidation sites excluding steroid dienone is 4. The molecule has 2 aliphatic heterocycles. The van der Waals surface area contributed by atoms with Crippen LogP contribution in [0.2, 0.25) is 0 Å². The topological polar surface area (TPSA) is 48.5 Å². The molecular formula is C26H29F3N4O. The number of hydrogen-bond acceptors (Lipinski definition) is 4. The molecule has 1 aromatic heterocycles. The van der Waals surface area contributed by atoms with Gasteiger partial charge >= 0.3 is 6.18 Å². The highest BCUT2D eigenvalue weighted by molar-refractivity contribution is 5.91. The number of nitrogens with zero attached hydrogens (tertiary/aromatic N) is 3. The van der Waals surface area contributed by atoms with Gasteiger partial charge < -0.3 is 15.1 Å². The van der Waals surface area contributed by atoms with E-state index in [0.29, 0.717) is 41.8 Å².